The highest BCUT2D eigenvalue weighted by molar-refractivity contribution is 9.10. The zero-order valence-corrected chi connectivity index (χ0v) is 9.95. The van der Waals surface area contributed by atoms with E-state index in [1.807, 2.05) is 13.1 Å². The average molecular weight is 267 g/mol. The van der Waals surface area contributed by atoms with E-state index < -0.39 is 0 Å². The van der Waals surface area contributed by atoms with Gasteiger partial charge in [0.1, 0.15) is 0 Å². The molecule has 0 unspecified atom stereocenters. The molecule has 1 saturated carbocycles. The highest BCUT2D eigenvalue weighted by atomic mass is 79.9. The molecule has 0 bridgehead atoms. The fourth-order valence-electron chi connectivity index (χ4n) is 1.83. The van der Waals surface area contributed by atoms with E-state index in [-0.39, 0.29) is 0 Å². The predicted octanol–water partition coefficient (Wildman–Crippen LogP) is 2.19. The van der Waals surface area contributed by atoms with E-state index in [1.54, 1.807) is 4.68 Å². The maximum absolute atomic E-state index is 5.79. The molecule has 2 heterocycles. The molecular weight excluding hydrogens is 256 g/mol. The first kappa shape index (κ1) is 9.15. The van der Waals surface area contributed by atoms with Gasteiger partial charge in [0.05, 0.1) is 11.1 Å². The van der Waals surface area contributed by atoms with Crippen LogP contribution >= 0.6 is 15.9 Å². The minimum atomic E-state index is 0.544. The summed E-state index contributed by atoms with van der Waals surface area (Å²) < 4.78 is 2.79. The first-order valence-corrected chi connectivity index (χ1v) is 5.74. The number of anilines is 1. The normalized spacial score (nSPS) is 16.1. The second-order valence-electron chi connectivity index (χ2n) is 4.01. The lowest BCUT2D eigenvalue weighted by molar-refractivity contribution is 0.787. The minimum absolute atomic E-state index is 0.544. The molecule has 5 heteroatoms. The van der Waals surface area contributed by atoms with E-state index in [2.05, 4.69) is 26.0 Å². The minimum Gasteiger partial charge on any atom is -0.382 e. The molecule has 1 aliphatic rings. The molecule has 0 aromatic carbocycles. The van der Waals surface area contributed by atoms with Crippen LogP contribution < -0.4 is 5.73 Å². The number of nitrogen functional groups attached to an aromatic ring is 1. The smallest absolute Gasteiger partial charge is 0.160 e. The van der Waals surface area contributed by atoms with E-state index >= 15 is 0 Å². The van der Waals surface area contributed by atoms with Crippen molar-refractivity contribution in [1.82, 2.24) is 14.8 Å². The van der Waals surface area contributed by atoms with Crippen LogP contribution in [-0.2, 0) is 7.05 Å². The Bertz CT molecular complexity index is 542. The van der Waals surface area contributed by atoms with Gasteiger partial charge in [-0.2, -0.15) is 5.10 Å². The third kappa shape index (κ3) is 1.33. The maximum Gasteiger partial charge on any atom is 0.160 e. The van der Waals surface area contributed by atoms with E-state index in [0.717, 1.165) is 21.2 Å². The average Bonchev–Trinajstić information content (AvgIpc) is 2.96. The Morgan fingerprint density at radius 1 is 1.53 bits per heavy atom. The summed E-state index contributed by atoms with van der Waals surface area (Å²) in [5, 5.41) is 5.09. The highest BCUT2D eigenvalue weighted by Gasteiger charge is 2.28. The molecule has 1 aliphatic carbocycles. The van der Waals surface area contributed by atoms with Gasteiger partial charge in [0, 0.05) is 17.4 Å². The molecule has 78 valence electrons. The summed E-state index contributed by atoms with van der Waals surface area (Å²) in [7, 11) is 1.87. The van der Waals surface area contributed by atoms with Crippen LogP contribution in [0.1, 0.15) is 24.5 Å². The summed E-state index contributed by atoms with van der Waals surface area (Å²) in [6, 6.07) is 2.03. The van der Waals surface area contributed by atoms with Crippen LogP contribution in [0.4, 0.5) is 5.82 Å². The van der Waals surface area contributed by atoms with E-state index in [9.17, 15) is 0 Å². The van der Waals surface area contributed by atoms with Gasteiger partial charge < -0.3 is 5.73 Å². The van der Waals surface area contributed by atoms with E-state index in [4.69, 9.17) is 5.73 Å². The maximum atomic E-state index is 5.79. The number of halogens is 1. The number of nitrogens with two attached hydrogens (primary N) is 1. The standard InChI is InChI=1S/C10H11BrN4/c1-15-10-6(9(12)14-15)4-7(11)8(13-10)5-2-3-5/h4-5H,2-3H2,1H3,(H2,12,14). The van der Waals surface area contributed by atoms with Gasteiger partial charge in [0.15, 0.2) is 11.5 Å². The van der Waals surface area contributed by atoms with E-state index in [0.29, 0.717) is 11.7 Å². The fraction of sp³-hybridized carbons (Fsp3) is 0.400. The SMILES string of the molecule is Cn1nc(N)c2cc(Br)c(C3CC3)nc21. The molecule has 1 fully saturated rings. The summed E-state index contributed by atoms with van der Waals surface area (Å²) >= 11 is 3.55. The molecule has 0 atom stereocenters. The van der Waals surface area contributed by atoms with Gasteiger partial charge in [-0.15, -0.1) is 0 Å². The topological polar surface area (TPSA) is 56.7 Å². The van der Waals surface area contributed by atoms with Crippen molar-refractivity contribution in [3.05, 3.63) is 16.2 Å². The molecule has 4 nitrogen and oxygen atoms in total. The summed E-state index contributed by atoms with van der Waals surface area (Å²) in [5.74, 6) is 1.17. The number of hydrogen-bond acceptors (Lipinski definition) is 3. The first-order valence-electron chi connectivity index (χ1n) is 4.95. The van der Waals surface area contributed by atoms with Crippen LogP contribution in [-0.4, -0.2) is 14.8 Å². The number of nitrogens with zero attached hydrogens (tertiary/aromatic N) is 3. The summed E-state index contributed by atoms with van der Waals surface area (Å²) in [6.45, 7) is 0. The molecule has 2 aromatic rings. The molecule has 0 spiro atoms. The van der Waals surface area contributed by atoms with E-state index in [1.165, 1.54) is 12.8 Å². The molecular formula is C10H11BrN4. The number of aryl methyl sites for hydroxylation is 1. The van der Waals surface area contributed by atoms with Gasteiger partial charge in [-0.25, -0.2) is 9.67 Å². The van der Waals surface area contributed by atoms with Crippen molar-refractivity contribution in [2.45, 2.75) is 18.8 Å². The predicted molar refractivity (Wildman–Crippen MR) is 62.6 cm³/mol. The number of fused-ring (bicyclic) bond motifs is 1. The highest BCUT2D eigenvalue weighted by Crippen LogP contribution is 2.43. The molecule has 0 amide bonds. The zero-order chi connectivity index (χ0) is 10.6. The van der Waals surface area contributed by atoms with Crippen molar-refractivity contribution in [1.29, 1.82) is 0 Å². The largest absolute Gasteiger partial charge is 0.382 e. The lowest BCUT2D eigenvalue weighted by atomic mass is 10.2. The van der Waals surface area contributed by atoms with Gasteiger partial charge in [-0.05, 0) is 34.8 Å². The number of aromatic nitrogens is 3. The Labute approximate surface area is 95.6 Å². The quantitative estimate of drug-likeness (QED) is 0.861. The fourth-order valence-corrected chi connectivity index (χ4v) is 2.48. The lowest BCUT2D eigenvalue weighted by Gasteiger charge is -2.02. The lowest BCUT2D eigenvalue weighted by Crippen LogP contribution is -1.95. The number of pyridine rings is 1. The molecule has 15 heavy (non-hydrogen) atoms. The monoisotopic (exact) mass is 266 g/mol. The number of rotatable bonds is 1. The van der Waals surface area contributed by atoms with Crippen molar-refractivity contribution in [2.75, 3.05) is 5.73 Å². The summed E-state index contributed by atoms with van der Waals surface area (Å²) in [5.41, 5.74) is 7.81. The Morgan fingerprint density at radius 2 is 2.27 bits per heavy atom. The van der Waals surface area contributed by atoms with Crippen molar-refractivity contribution < 1.29 is 0 Å². The Balaban J connectivity index is 2.32. The summed E-state index contributed by atoms with van der Waals surface area (Å²) in [6.07, 6.45) is 2.48. The van der Waals surface area contributed by atoms with Gasteiger partial charge >= 0.3 is 0 Å². The van der Waals surface area contributed by atoms with Crippen molar-refractivity contribution in [3.63, 3.8) is 0 Å². The van der Waals surface area contributed by atoms with Crippen LogP contribution in [0.15, 0.2) is 10.5 Å². The van der Waals surface area contributed by atoms with Gasteiger partial charge in [0.25, 0.3) is 0 Å². The third-order valence-corrected chi connectivity index (χ3v) is 3.42. The molecule has 0 radical (unpaired) electrons. The van der Waals surface area contributed by atoms with Crippen molar-refractivity contribution in [2.24, 2.45) is 7.05 Å². The Morgan fingerprint density at radius 3 is 2.93 bits per heavy atom. The molecule has 0 saturated heterocycles. The second-order valence-corrected chi connectivity index (χ2v) is 4.86. The Kier molecular flexibility index (Phi) is 1.80. The first-order chi connectivity index (χ1) is 7.16. The van der Waals surface area contributed by atoms with Gasteiger partial charge in [-0.3, -0.25) is 0 Å². The van der Waals surface area contributed by atoms with Crippen molar-refractivity contribution in [3.8, 4) is 0 Å². The molecule has 0 aliphatic heterocycles. The number of hydrogen-bond donors (Lipinski definition) is 1. The van der Waals surface area contributed by atoms with Crippen LogP contribution in [0, 0.1) is 0 Å². The molecule has 3 rings (SSSR count). The van der Waals surface area contributed by atoms with Gasteiger partial charge in [-0.1, -0.05) is 0 Å². The van der Waals surface area contributed by atoms with Crippen LogP contribution in [0.2, 0.25) is 0 Å². The molecule has 2 aromatic heterocycles. The van der Waals surface area contributed by atoms with Crippen LogP contribution in [0.5, 0.6) is 0 Å². The van der Waals surface area contributed by atoms with Crippen molar-refractivity contribution >= 4 is 32.8 Å². The molecule has 2 N–H and O–H groups in total. The Hall–Kier alpha value is -1.10. The third-order valence-electron chi connectivity index (χ3n) is 2.79. The van der Waals surface area contributed by atoms with Gasteiger partial charge in [0.2, 0.25) is 0 Å². The van der Waals surface area contributed by atoms with Crippen LogP contribution in [0.3, 0.4) is 0 Å². The second kappa shape index (κ2) is 2.95. The van der Waals surface area contributed by atoms with Crippen LogP contribution in [0.25, 0.3) is 11.0 Å². The summed E-state index contributed by atoms with van der Waals surface area (Å²) in [4.78, 5) is 4.63. The zero-order valence-electron chi connectivity index (χ0n) is 8.37.